The summed E-state index contributed by atoms with van der Waals surface area (Å²) in [5.41, 5.74) is 2.92. The third-order valence-corrected chi connectivity index (χ3v) is 6.32. The minimum Gasteiger partial charge on any atom is -0.489 e. The molecule has 5 heteroatoms. The number of benzene rings is 3. The van der Waals surface area contributed by atoms with E-state index in [1.165, 1.54) is 4.31 Å². The molecule has 0 bridgehead atoms. The molecular formula is C22H23NO3S. The van der Waals surface area contributed by atoms with Gasteiger partial charge >= 0.3 is 0 Å². The third-order valence-electron chi connectivity index (χ3n) is 4.40. The van der Waals surface area contributed by atoms with Gasteiger partial charge in [0, 0.05) is 6.54 Å². The summed E-state index contributed by atoms with van der Waals surface area (Å²) in [5, 5.41) is 0. The fraction of sp³-hybridized carbons (Fsp3) is 0.182. The predicted molar refractivity (Wildman–Crippen MR) is 109 cm³/mol. The lowest BCUT2D eigenvalue weighted by Crippen LogP contribution is -2.30. The van der Waals surface area contributed by atoms with Gasteiger partial charge in [0.05, 0.1) is 10.6 Å². The first kappa shape index (κ1) is 19.0. The average molecular weight is 381 g/mol. The van der Waals surface area contributed by atoms with Crippen molar-refractivity contribution < 1.29 is 13.2 Å². The van der Waals surface area contributed by atoms with Crippen LogP contribution in [0.4, 0.5) is 5.69 Å². The Hall–Kier alpha value is -2.79. The summed E-state index contributed by atoms with van der Waals surface area (Å²) in [4.78, 5) is 0.247. The van der Waals surface area contributed by atoms with E-state index in [1.807, 2.05) is 56.3 Å². The van der Waals surface area contributed by atoms with Crippen LogP contribution in [0.1, 0.15) is 18.1 Å². The largest absolute Gasteiger partial charge is 0.489 e. The van der Waals surface area contributed by atoms with Crippen molar-refractivity contribution in [3.05, 3.63) is 90.0 Å². The first-order valence-corrected chi connectivity index (χ1v) is 10.3. The molecule has 0 aliphatic carbocycles. The van der Waals surface area contributed by atoms with Gasteiger partial charge in [-0.3, -0.25) is 4.31 Å². The maximum absolute atomic E-state index is 13.0. The second kappa shape index (κ2) is 8.27. The van der Waals surface area contributed by atoms with E-state index >= 15 is 0 Å². The minimum atomic E-state index is -3.62. The molecule has 0 atom stereocenters. The van der Waals surface area contributed by atoms with E-state index in [1.54, 1.807) is 36.4 Å². The number of ether oxygens (including phenoxy) is 1. The van der Waals surface area contributed by atoms with Crippen molar-refractivity contribution in [1.82, 2.24) is 0 Å². The van der Waals surface area contributed by atoms with Crippen LogP contribution in [0, 0.1) is 6.92 Å². The lowest BCUT2D eigenvalue weighted by atomic mass is 10.1. The average Bonchev–Trinajstić information content (AvgIpc) is 2.69. The number of sulfonamides is 1. The molecule has 4 nitrogen and oxygen atoms in total. The molecule has 0 unspecified atom stereocenters. The maximum atomic E-state index is 13.0. The van der Waals surface area contributed by atoms with Gasteiger partial charge < -0.3 is 4.74 Å². The zero-order valence-corrected chi connectivity index (χ0v) is 16.3. The fourth-order valence-electron chi connectivity index (χ4n) is 2.85. The topological polar surface area (TPSA) is 46.6 Å². The van der Waals surface area contributed by atoms with Crippen molar-refractivity contribution in [2.75, 3.05) is 10.8 Å². The van der Waals surface area contributed by atoms with Crippen LogP contribution in [0.2, 0.25) is 0 Å². The molecule has 140 valence electrons. The second-order valence-corrected chi connectivity index (χ2v) is 8.05. The van der Waals surface area contributed by atoms with E-state index in [9.17, 15) is 8.42 Å². The number of rotatable bonds is 7. The summed E-state index contributed by atoms with van der Waals surface area (Å²) in [7, 11) is -3.62. The van der Waals surface area contributed by atoms with E-state index < -0.39 is 10.0 Å². The number of anilines is 1. The smallest absolute Gasteiger partial charge is 0.264 e. The Morgan fingerprint density at radius 1 is 0.852 bits per heavy atom. The quantitative estimate of drug-likeness (QED) is 0.591. The number of para-hydroxylation sites is 1. The van der Waals surface area contributed by atoms with Gasteiger partial charge in [-0.1, -0.05) is 42.5 Å². The SMILES string of the molecule is CCN(c1ccccc1)S(=O)(=O)c1ccc(OCc2ccccc2C)cc1. The van der Waals surface area contributed by atoms with Crippen LogP contribution in [0.5, 0.6) is 5.75 Å². The molecule has 0 spiro atoms. The van der Waals surface area contributed by atoms with Crippen LogP contribution in [0.3, 0.4) is 0 Å². The molecule has 0 radical (unpaired) electrons. The fourth-order valence-corrected chi connectivity index (χ4v) is 4.33. The van der Waals surface area contributed by atoms with E-state index in [0.29, 0.717) is 24.6 Å². The van der Waals surface area contributed by atoms with Crippen LogP contribution in [0.25, 0.3) is 0 Å². The van der Waals surface area contributed by atoms with Gasteiger partial charge in [0.2, 0.25) is 0 Å². The molecule has 0 fully saturated rings. The number of aryl methyl sites for hydroxylation is 1. The van der Waals surface area contributed by atoms with Gasteiger partial charge in [-0.25, -0.2) is 8.42 Å². The second-order valence-electron chi connectivity index (χ2n) is 6.19. The lowest BCUT2D eigenvalue weighted by Gasteiger charge is -2.23. The molecule has 27 heavy (non-hydrogen) atoms. The highest BCUT2D eigenvalue weighted by Gasteiger charge is 2.23. The summed E-state index contributed by atoms with van der Waals surface area (Å²) < 4.78 is 33.2. The van der Waals surface area contributed by atoms with Gasteiger partial charge in [-0.2, -0.15) is 0 Å². The van der Waals surface area contributed by atoms with E-state index in [2.05, 4.69) is 0 Å². The molecule has 0 amide bonds. The van der Waals surface area contributed by atoms with E-state index in [4.69, 9.17) is 4.74 Å². The standard InChI is InChI=1S/C22H23NO3S/c1-3-23(20-11-5-4-6-12-20)27(24,25)22-15-13-21(14-16-22)26-17-19-10-8-7-9-18(19)2/h4-16H,3,17H2,1-2H3. The van der Waals surface area contributed by atoms with Crippen LogP contribution >= 0.6 is 0 Å². The molecular weight excluding hydrogens is 358 g/mol. The van der Waals surface area contributed by atoms with Gasteiger partial charge in [-0.05, 0) is 61.4 Å². The Morgan fingerprint density at radius 2 is 1.48 bits per heavy atom. The summed E-state index contributed by atoms with van der Waals surface area (Å²) in [6.45, 7) is 4.67. The van der Waals surface area contributed by atoms with Crippen molar-refractivity contribution >= 4 is 15.7 Å². The highest BCUT2D eigenvalue weighted by atomic mass is 32.2. The minimum absolute atomic E-state index is 0.247. The molecule has 3 rings (SSSR count). The molecule has 0 aliphatic heterocycles. The number of hydrogen-bond donors (Lipinski definition) is 0. The highest BCUT2D eigenvalue weighted by Crippen LogP contribution is 2.25. The van der Waals surface area contributed by atoms with Crippen LogP contribution in [-0.2, 0) is 16.6 Å². The summed E-state index contributed by atoms with van der Waals surface area (Å²) in [6, 6.07) is 23.7. The highest BCUT2D eigenvalue weighted by molar-refractivity contribution is 7.92. The van der Waals surface area contributed by atoms with E-state index in [0.717, 1.165) is 11.1 Å². The Labute approximate surface area is 161 Å². The summed E-state index contributed by atoms with van der Waals surface area (Å²) >= 11 is 0. The third kappa shape index (κ3) is 4.31. The molecule has 0 saturated heterocycles. The normalized spacial score (nSPS) is 11.2. The zero-order chi connectivity index (χ0) is 19.3. The summed E-state index contributed by atoms with van der Waals surface area (Å²) in [6.07, 6.45) is 0. The van der Waals surface area contributed by atoms with Gasteiger partial charge in [0.15, 0.2) is 0 Å². The van der Waals surface area contributed by atoms with Crippen molar-refractivity contribution in [3.63, 3.8) is 0 Å². The monoisotopic (exact) mass is 381 g/mol. The predicted octanol–water partition coefficient (Wildman–Crippen LogP) is 4.79. The molecule has 0 saturated carbocycles. The number of hydrogen-bond acceptors (Lipinski definition) is 3. The summed E-state index contributed by atoms with van der Waals surface area (Å²) in [5.74, 6) is 0.639. The Bertz CT molecular complexity index is 984. The van der Waals surface area contributed by atoms with Crippen LogP contribution in [0.15, 0.2) is 83.8 Å². The van der Waals surface area contributed by atoms with E-state index in [-0.39, 0.29) is 4.90 Å². The van der Waals surface area contributed by atoms with Crippen molar-refractivity contribution in [1.29, 1.82) is 0 Å². The van der Waals surface area contributed by atoms with Crippen molar-refractivity contribution in [3.8, 4) is 5.75 Å². The van der Waals surface area contributed by atoms with Crippen LogP contribution in [-0.4, -0.2) is 15.0 Å². The first-order chi connectivity index (χ1) is 13.0. The lowest BCUT2D eigenvalue weighted by molar-refractivity contribution is 0.305. The van der Waals surface area contributed by atoms with Crippen molar-refractivity contribution in [2.45, 2.75) is 25.3 Å². The zero-order valence-electron chi connectivity index (χ0n) is 15.5. The Balaban J connectivity index is 1.76. The molecule has 0 aliphatic rings. The van der Waals surface area contributed by atoms with Gasteiger partial charge in [0.1, 0.15) is 12.4 Å². The van der Waals surface area contributed by atoms with Crippen LogP contribution < -0.4 is 9.04 Å². The molecule has 3 aromatic carbocycles. The van der Waals surface area contributed by atoms with Crippen molar-refractivity contribution in [2.24, 2.45) is 0 Å². The first-order valence-electron chi connectivity index (χ1n) is 8.87. The molecule has 0 aromatic heterocycles. The Kier molecular flexibility index (Phi) is 5.81. The molecule has 3 aromatic rings. The number of nitrogens with zero attached hydrogens (tertiary/aromatic N) is 1. The Morgan fingerprint density at radius 3 is 2.11 bits per heavy atom. The van der Waals surface area contributed by atoms with Gasteiger partial charge in [0.25, 0.3) is 10.0 Å². The van der Waals surface area contributed by atoms with Gasteiger partial charge in [-0.15, -0.1) is 0 Å². The molecule has 0 heterocycles. The molecule has 0 N–H and O–H groups in total. The maximum Gasteiger partial charge on any atom is 0.264 e.